The maximum Gasteiger partial charge on any atom is 0.301 e. The summed E-state index contributed by atoms with van der Waals surface area (Å²) in [5.41, 5.74) is 1.73. The summed E-state index contributed by atoms with van der Waals surface area (Å²) in [7, 11) is -3.45. The predicted molar refractivity (Wildman–Crippen MR) is 86.6 cm³/mol. The smallest absolute Gasteiger partial charge is 0.301 e. The molecule has 0 aliphatic carbocycles. The zero-order valence-electron chi connectivity index (χ0n) is 12.8. The third-order valence-corrected chi connectivity index (χ3v) is 5.31. The molecule has 0 saturated carbocycles. The average molecular weight is 311 g/mol. The maximum absolute atomic E-state index is 12.5. The number of piperidine rings is 1. The molecule has 118 valence electrons. The van der Waals surface area contributed by atoms with Crippen LogP contribution >= 0.6 is 0 Å². The second kappa shape index (κ2) is 7.24. The van der Waals surface area contributed by atoms with Crippen LogP contribution in [0.3, 0.4) is 0 Å². The summed E-state index contributed by atoms with van der Waals surface area (Å²) in [6, 6.07) is 7.41. The molecule has 1 fully saturated rings. The molecule has 1 aliphatic rings. The van der Waals surface area contributed by atoms with Crippen molar-refractivity contribution in [1.82, 2.24) is 9.62 Å². The summed E-state index contributed by atoms with van der Waals surface area (Å²) >= 11 is 0. The molecule has 21 heavy (non-hydrogen) atoms. The van der Waals surface area contributed by atoms with E-state index in [4.69, 9.17) is 0 Å². The van der Waals surface area contributed by atoms with Gasteiger partial charge in [-0.05, 0) is 50.9 Å². The van der Waals surface area contributed by atoms with E-state index in [1.54, 1.807) is 16.4 Å². The van der Waals surface area contributed by atoms with Crippen molar-refractivity contribution < 1.29 is 8.42 Å². The Morgan fingerprint density at radius 2 is 2.00 bits per heavy atom. The topological polar surface area (TPSA) is 61.4 Å². The van der Waals surface area contributed by atoms with Gasteiger partial charge in [-0.25, -0.2) is 0 Å². The highest BCUT2D eigenvalue weighted by Gasteiger charge is 2.28. The van der Waals surface area contributed by atoms with E-state index in [2.05, 4.69) is 17.0 Å². The number of nitrogens with one attached hydrogen (secondary N) is 2. The normalized spacial score (nSPS) is 20.4. The van der Waals surface area contributed by atoms with Crippen molar-refractivity contribution in [3.8, 4) is 0 Å². The van der Waals surface area contributed by atoms with E-state index in [1.165, 1.54) is 0 Å². The quantitative estimate of drug-likeness (QED) is 0.844. The molecule has 0 bridgehead atoms. The van der Waals surface area contributed by atoms with Crippen LogP contribution in [0.4, 0.5) is 5.69 Å². The lowest BCUT2D eigenvalue weighted by molar-refractivity contribution is 0.262. The van der Waals surface area contributed by atoms with Crippen molar-refractivity contribution in [3.63, 3.8) is 0 Å². The highest BCUT2D eigenvalue weighted by molar-refractivity contribution is 7.90. The van der Waals surface area contributed by atoms with E-state index < -0.39 is 10.2 Å². The molecule has 2 rings (SSSR count). The fourth-order valence-electron chi connectivity index (χ4n) is 2.60. The number of aryl methyl sites for hydroxylation is 1. The number of rotatable bonds is 6. The van der Waals surface area contributed by atoms with E-state index >= 15 is 0 Å². The summed E-state index contributed by atoms with van der Waals surface area (Å²) in [6.07, 6.45) is 2.01. The first kappa shape index (κ1) is 16.3. The molecule has 0 aromatic heterocycles. The molecular formula is C15H25N3O2S. The van der Waals surface area contributed by atoms with Crippen LogP contribution in [-0.4, -0.2) is 38.9 Å². The predicted octanol–water partition coefficient (Wildman–Crippen LogP) is 1.97. The number of hydrogen-bond acceptors (Lipinski definition) is 3. The van der Waals surface area contributed by atoms with Gasteiger partial charge in [0.2, 0.25) is 0 Å². The number of hydrogen-bond donors (Lipinski definition) is 2. The van der Waals surface area contributed by atoms with Gasteiger partial charge >= 0.3 is 10.2 Å². The Morgan fingerprint density at radius 3 is 2.67 bits per heavy atom. The highest BCUT2D eigenvalue weighted by Crippen LogP contribution is 2.20. The van der Waals surface area contributed by atoms with Crippen LogP contribution in [-0.2, 0) is 10.2 Å². The molecule has 1 aromatic rings. The first-order valence-corrected chi connectivity index (χ1v) is 9.00. The summed E-state index contributed by atoms with van der Waals surface area (Å²) in [5, 5.41) is 3.30. The van der Waals surface area contributed by atoms with Crippen LogP contribution in [0.15, 0.2) is 24.3 Å². The second-order valence-corrected chi connectivity index (χ2v) is 7.32. The van der Waals surface area contributed by atoms with Crippen molar-refractivity contribution in [1.29, 1.82) is 0 Å². The van der Waals surface area contributed by atoms with Gasteiger partial charge in [0.05, 0.1) is 0 Å². The molecule has 0 radical (unpaired) electrons. The minimum atomic E-state index is -3.45. The molecule has 2 N–H and O–H groups in total. The van der Waals surface area contributed by atoms with Crippen molar-refractivity contribution in [2.24, 2.45) is 5.92 Å². The van der Waals surface area contributed by atoms with Crippen LogP contribution in [0, 0.1) is 12.8 Å². The van der Waals surface area contributed by atoms with E-state index in [0.717, 1.165) is 31.5 Å². The van der Waals surface area contributed by atoms with Crippen LogP contribution in [0.25, 0.3) is 0 Å². The molecule has 1 atom stereocenters. The Hall–Kier alpha value is -1.11. The van der Waals surface area contributed by atoms with Crippen LogP contribution in [0.2, 0.25) is 0 Å². The Labute approximate surface area is 127 Å². The fourth-order valence-corrected chi connectivity index (χ4v) is 3.93. The third kappa shape index (κ3) is 4.69. The maximum atomic E-state index is 12.5. The molecule has 1 unspecified atom stereocenters. The monoisotopic (exact) mass is 311 g/mol. The van der Waals surface area contributed by atoms with Crippen molar-refractivity contribution in [2.75, 3.05) is 30.9 Å². The highest BCUT2D eigenvalue weighted by atomic mass is 32.2. The lowest BCUT2D eigenvalue weighted by Gasteiger charge is -2.32. The van der Waals surface area contributed by atoms with Crippen molar-refractivity contribution in [3.05, 3.63) is 29.8 Å². The SMILES string of the molecule is CCNCC1CCCN(S(=O)(=O)Nc2ccc(C)cc2)C1. The van der Waals surface area contributed by atoms with Gasteiger partial charge in [0.15, 0.2) is 0 Å². The van der Waals surface area contributed by atoms with Crippen LogP contribution < -0.4 is 10.0 Å². The zero-order valence-corrected chi connectivity index (χ0v) is 13.6. The third-order valence-electron chi connectivity index (χ3n) is 3.80. The molecule has 0 spiro atoms. The zero-order chi connectivity index (χ0) is 15.3. The summed E-state index contributed by atoms with van der Waals surface area (Å²) in [6.45, 7) is 7.04. The van der Waals surface area contributed by atoms with E-state index in [1.807, 2.05) is 19.1 Å². The van der Waals surface area contributed by atoms with Crippen molar-refractivity contribution in [2.45, 2.75) is 26.7 Å². The van der Waals surface area contributed by atoms with Gasteiger partial charge in [-0.15, -0.1) is 0 Å². The summed E-state index contributed by atoms with van der Waals surface area (Å²) in [5.74, 6) is 0.397. The Balaban J connectivity index is 1.99. The molecular weight excluding hydrogens is 286 g/mol. The Kier molecular flexibility index (Phi) is 5.61. The van der Waals surface area contributed by atoms with Gasteiger partial charge in [0, 0.05) is 18.8 Å². The van der Waals surface area contributed by atoms with Gasteiger partial charge < -0.3 is 5.32 Å². The van der Waals surface area contributed by atoms with E-state index in [-0.39, 0.29) is 0 Å². The molecule has 6 heteroatoms. The minimum absolute atomic E-state index is 0.397. The molecule has 5 nitrogen and oxygen atoms in total. The van der Waals surface area contributed by atoms with Gasteiger partial charge in [-0.3, -0.25) is 4.72 Å². The average Bonchev–Trinajstić information content (AvgIpc) is 2.48. The summed E-state index contributed by atoms with van der Waals surface area (Å²) in [4.78, 5) is 0. The molecule has 1 saturated heterocycles. The fraction of sp³-hybridized carbons (Fsp3) is 0.600. The van der Waals surface area contributed by atoms with E-state index in [0.29, 0.717) is 24.7 Å². The first-order valence-electron chi connectivity index (χ1n) is 7.56. The number of anilines is 1. The molecule has 1 aliphatic heterocycles. The lowest BCUT2D eigenvalue weighted by atomic mass is 10.00. The molecule has 1 aromatic carbocycles. The largest absolute Gasteiger partial charge is 0.317 e. The summed E-state index contributed by atoms with van der Waals surface area (Å²) < 4.78 is 29.1. The van der Waals surface area contributed by atoms with Gasteiger partial charge in [0.25, 0.3) is 0 Å². The van der Waals surface area contributed by atoms with Gasteiger partial charge in [-0.1, -0.05) is 24.6 Å². The van der Waals surface area contributed by atoms with Gasteiger partial charge in [-0.2, -0.15) is 12.7 Å². The van der Waals surface area contributed by atoms with Crippen LogP contribution in [0.1, 0.15) is 25.3 Å². The van der Waals surface area contributed by atoms with Crippen molar-refractivity contribution >= 4 is 15.9 Å². The number of nitrogens with zero attached hydrogens (tertiary/aromatic N) is 1. The minimum Gasteiger partial charge on any atom is -0.317 e. The lowest BCUT2D eigenvalue weighted by Crippen LogP contribution is -2.45. The molecule has 1 heterocycles. The van der Waals surface area contributed by atoms with Gasteiger partial charge in [0.1, 0.15) is 0 Å². The second-order valence-electron chi connectivity index (χ2n) is 5.65. The number of benzene rings is 1. The molecule has 0 amide bonds. The standard InChI is InChI=1S/C15H25N3O2S/c1-3-16-11-14-5-4-10-18(12-14)21(19,20)17-15-8-6-13(2)7-9-15/h6-9,14,16-17H,3-5,10-12H2,1-2H3. The first-order chi connectivity index (χ1) is 10.0. The Morgan fingerprint density at radius 1 is 1.29 bits per heavy atom. The van der Waals surface area contributed by atoms with E-state index in [9.17, 15) is 8.42 Å². The van der Waals surface area contributed by atoms with Crippen LogP contribution in [0.5, 0.6) is 0 Å². The Bertz CT molecular complexity index is 543.